The molecule has 22 heavy (non-hydrogen) atoms. The Morgan fingerprint density at radius 2 is 2.00 bits per heavy atom. The van der Waals surface area contributed by atoms with Crippen molar-refractivity contribution in [2.75, 3.05) is 26.2 Å². The highest BCUT2D eigenvalue weighted by Gasteiger charge is 2.15. The van der Waals surface area contributed by atoms with Crippen LogP contribution in [-0.4, -0.2) is 53.2 Å². The standard InChI is InChI=1S/C16H25N3O3/c1-12-8-13(20)9-15(18-12)16(22)17-10-14(21)11-19-6-4-2-3-5-7-19/h8-9,14,21H,2-7,10-11H2,1H3,(H,17,22)(H,18,20). The minimum Gasteiger partial charge on any atom is -0.390 e. The molecule has 1 amide bonds. The molecule has 0 aromatic carbocycles. The third kappa shape index (κ3) is 5.27. The minimum atomic E-state index is -0.599. The van der Waals surface area contributed by atoms with Crippen LogP contribution in [0.4, 0.5) is 0 Å². The number of aliphatic hydroxyl groups excluding tert-OH is 1. The van der Waals surface area contributed by atoms with Crippen molar-refractivity contribution in [2.24, 2.45) is 0 Å². The molecule has 0 aliphatic carbocycles. The van der Waals surface area contributed by atoms with Crippen molar-refractivity contribution in [2.45, 2.75) is 38.7 Å². The van der Waals surface area contributed by atoms with Crippen LogP contribution in [0.3, 0.4) is 0 Å². The number of carbonyl (C=O) groups excluding carboxylic acids is 1. The van der Waals surface area contributed by atoms with Crippen molar-refractivity contribution >= 4 is 5.91 Å². The van der Waals surface area contributed by atoms with Gasteiger partial charge in [-0.2, -0.15) is 0 Å². The molecular weight excluding hydrogens is 282 g/mol. The van der Waals surface area contributed by atoms with E-state index in [9.17, 15) is 14.7 Å². The molecule has 3 N–H and O–H groups in total. The van der Waals surface area contributed by atoms with Gasteiger partial charge in [0, 0.05) is 30.9 Å². The average molecular weight is 307 g/mol. The monoisotopic (exact) mass is 307 g/mol. The number of aryl methyl sites for hydroxylation is 1. The van der Waals surface area contributed by atoms with Crippen molar-refractivity contribution in [3.8, 4) is 0 Å². The van der Waals surface area contributed by atoms with Gasteiger partial charge in [0.1, 0.15) is 5.69 Å². The number of aromatic amines is 1. The van der Waals surface area contributed by atoms with E-state index in [-0.39, 0.29) is 23.6 Å². The van der Waals surface area contributed by atoms with Crippen molar-refractivity contribution in [1.29, 1.82) is 0 Å². The van der Waals surface area contributed by atoms with E-state index in [0.29, 0.717) is 12.2 Å². The van der Waals surface area contributed by atoms with Crippen LogP contribution in [0.2, 0.25) is 0 Å². The van der Waals surface area contributed by atoms with Gasteiger partial charge < -0.3 is 20.3 Å². The van der Waals surface area contributed by atoms with Gasteiger partial charge in [-0.25, -0.2) is 0 Å². The molecule has 2 heterocycles. The highest BCUT2D eigenvalue weighted by molar-refractivity contribution is 5.92. The SMILES string of the molecule is Cc1cc(=O)cc(C(=O)NCC(O)CN2CCCCCC2)[nH]1. The van der Waals surface area contributed by atoms with Crippen LogP contribution in [0.5, 0.6) is 0 Å². The first-order valence-corrected chi connectivity index (χ1v) is 7.94. The molecule has 1 atom stereocenters. The van der Waals surface area contributed by atoms with Gasteiger partial charge in [0.05, 0.1) is 6.10 Å². The van der Waals surface area contributed by atoms with E-state index >= 15 is 0 Å². The van der Waals surface area contributed by atoms with Crippen LogP contribution in [0, 0.1) is 6.92 Å². The smallest absolute Gasteiger partial charge is 0.267 e. The molecule has 1 unspecified atom stereocenters. The van der Waals surface area contributed by atoms with Crippen LogP contribution in [-0.2, 0) is 0 Å². The van der Waals surface area contributed by atoms with E-state index < -0.39 is 6.10 Å². The van der Waals surface area contributed by atoms with E-state index in [1.165, 1.54) is 37.8 Å². The maximum absolute atomic E-state index is 12.0. The predicted octanol–water partition coefficient (Wildman–Crippen LogP) is 0.650. The largest absolute Gasteiger partial charge is 0.390 e. The molecule has 1 aliphatic rings. The number of nitrogens with one attached hydrogen (secondary N) is 2. The van der Waals surface area contributed by atoms with E-state index in [4.69, 9.17) is 0 Å². The van der Waals surface area contributed by atoms with Crippen LogP contribution in [0.15, 0.2) is 16.9 Å². The summed E-state index contributed by atoms with van der Waals surface area (Å²) in [6.45, 7) is 4.51. The Morgan fingerprint density at radius 3 is 2.64 bits per heavy atom. The lowest BCUT2D eigenvalue weighted by atomic mass is 10.2. The second kappa shape index (κ2) is 8.10. The summed E-state index contributed by atoms with van der Waals surface area (Å²) in [5.41, 5.74) is 0.668. The predicted molar refractivity (Wildman–Crippen MR) is 85.0 cm³/mol. The second-order valence-corrected chi connectivity index (χ2v) is 5.99. The number of hydrogen-bond acceptors (Lipinski definition) is 4. The highest BCUT2D eigenvalue weighted by Crippen LogP contribution is 2.09. The summed E-state index contributed by atoms with van der Waals surface area (Å²) >= 11 is 0. The van der Waals surface area contributed by atoms with Gasteiger partial charge >= 0.3 is 0 Å². The Kier molecular flexibility index (Phi) is 6.15. The topological polar surface area (TPSA) is 85.4 Å². The number of carbonyl (C=O) groups is 1. The number of β-amino-alcohol motifs (C(OH)–C–C–N with tert-alkyl or cyclic N) is 1. The summed E-state index contributed by atoms with van der Waals surface area (Å²) in [7, 11) is 0. The number of H-pyrrole nitrogens is 1. The summed E-state index contributed by atoms with van der Waals surface area (Å²) < 4.78 is 0. The molecule has 0 bridgehead atoms. The highest BCUT2D eigenvalue weighted by atomic mass is 16.3. The number of likely N-dealkylation sites (tertiary alicyclic amines) is 1. The van der Waals surface area contributed by atoms with Crippen LogP contribution in [0.1, 0.15) is 41.9 Å². The fourth-order valence-electron chi connectivity index (χ4n) is 2.79. The zero-order chi connectivity index (χ0) is 15.9. The molecule has 6 nitrogen and oxygen atoms in total. The third-order valence-corrected chi connectivity index (χ3v) is 3.89. The molecule has 1 aromatic rings. The molecule has 122 valence electrons. The molecular formula is C16H25N3O3. The van der Waals surface area contributed by atoms with E-state index in [2.05, 4.69) is 15.2 Å². The van der Waals surface area contributed by atoms with Crippen molar-refractivity contribution in [3.63, 3.8) is 0 Å². The fraction of sp³-hybridized carbons (Fsp3) is 0.625. The van der Waals surface area contributed by atoms with Crippen LogP contribution in [0.25, 0.3) is 0 Å². The molecule has 1 aliphatic heterocycles. The lowest BCUT2D eigenvalue weighted by Crippen LogP contribution is -2.40. The van der Waals surface area contributed by atoms with Crippen LogP contribution < -0.4 is 10.7 Å². The summed E-state index contributed by atoms with van der Waals surface area (Å²) in [6, 6.07) is 2.70. The maximum Gasteiger partial charge on any atom is 0.267 e. The van der Waals surface area contributed by atoms with Crippen molar-refractivity contribution in [3.05, 3.63) is 33.7 Å². The van der Waals surface area contributed by atoms with Gasteiger partial charge in [0.25, 0.3) is 5.91 Å². The number of aliphatic hydroxyl groups is 1. The fourth-order valence-corrected chi connectivity index (χ4v) is 2.79. The summed E-state index contributed by atoms with van der Waals surface area (Å²) in [5, 5.41) is 12.7. The average Bonchev–Trinajstić information content (AvgIpc) is 2.72. The molecule has 0 spiro atoms. The van der Waals surface area contributed by atoms with E-state index in [1.807, 2.05) is 0 Å². The molecule has 1 fully saturated rings. The van der Waals surface area contributed by atoms with Crippen LogP contribution >= 0.6 is 0 Å². The second-order valence-electron chi connectivity index (χ2n) is 5.99. The zero-order valence-corrected chi connectivity index (χ0v) is 13.1. The lowest BCUT2D eigenvalue weighted by molar-refractivity contribution is 0.0858. The molecule has 2 rings (SSSR count). The van der Waals surface area contributed by atoms with Gasteiger partial charge in [-0.1, -0.05) is 12.8 Å². The molecule has 0 saturated carbocycles. The Labute approximate surface area is 130 Å². The van der Waals surface area contributed by atoms with Crippen molar-refractivity contribution in [1.82, 2.24) is 15.2 Å². The first kappa shape index (κ1) is 16.7. The molecule has 1 aromatic heterocycles. The third-order valence-electron chi connectivity index (χ3n) is 3.89. The first-order chi connectivity index (χ1) is 10.5. The maximum atomic E-state index is 12.0. The van der Waals surface area contributed by atoms with Gasteiger partial charge in [0.2, 0.25) is 0 Å². The Bertz CT molecular complexity index is 548. The number of amides is 1. The van der Waals surface area contributed by atoms with E-state index in [0.717, 1.165) is 13.1 Å². The quantitative estimate of drug-likeness (QED) is 0.745. The Morgan fingerprint density at radius 1 is 1.32 bits per heavy atom. The van der Waals surface area contributed by atoms with Gasteiger partial charge in [-0.05, 0) is 32.9 Å². The molecule has 0 radical (unpaired) electrons. The number of aromatic nitrogens is 1. The number of nitrogens with zero attached hydrogens (tertiary/aromatic N) is 1. The number of rotatable bonds is 5. The minimum absolute atomic E-state index is 0.186. The zero-order valence-electron chi connectivity index (χ0n) is 13.1. The summed E-state index contributed by atoms with van der Waals surface area (Å²) in [6.07, 6.45) is 4.25. The molecule has 6 heteroatoms. The van der Waals surface area contributed by atoms with Gasteiger partial charge in [-0.3, -0.25) is 9.59 Å². The normalized spacial score (nSPS) is 17.7. The first-order valence-electron chi connectivity index (χ1n) is 7.94. The number of pyridine rings is 1. The van der Waals surface area contributed by atoms with Gasteiger partial charge in [-0.15, -0.1) is 0 Å². The summed E-state index contributed by atoms with van der Waals surface area (Å²) in [5.74, 6) is -0.365. The van der Waals surface area contributed by atoms with Gasteiger partial charge in [0.15, 0.2) is 5.43 Å². The summed E-state index contributed by atoms with van der Waals surface area (Å²) in [4.78, 5) is 28.5. The van der Waals surface area contributed by atoms with Crippen molar-refractivity contribution < 1.29 is 9.90 Å². The molecule has 1 saturated heterocycles. The van der Waals surface area contributed by atoms with E-state index in [1.54, 1.807) is 6.92 Å². The number of hydrogen-bond donors (Lipinski definition) is 3. The Hall–Kier alpha value is -1.66. The lowest BCUT2D eigenvalue weighted by Gasteiger charge is -2.23. The Balaban J connectivity index is 1.80.